The van der Waals surface area contributed by atoms with Crippen molar-refractivity contribution in [3.05, 3.63) is 112 Å². The highest BCUT2D eigenvalue weighted by molar-refractivity contribution is 9.10. The molecule has 5 aromatic rings. The molecule has 1 aliphatic rings. The zero-order valence-corrected chi connectivity index (χ0v) is 24.6. The van der Waals surface area contributed by atoms with E-state index in [1.165, 1.54) is 24.3 Å². The van der Waals surface area contributed by atoms with Gasteiger partial charge in [0.15, 0.2) is 9.84 Å². The Hall–Kier alpha value is -3.23. The lowest BCUT2D eigenvalue weighted by Crippen LogP contribution is -2.30. The van der Waals surface area contributed by atoms with Crippen molar-refractivity contribution in [3.63, 3.8) is 0 Å². The van der Waals surface area contributed by atoms with E-state index < -0.39 is 32.6 Å². The van der Waals surface area contributed by atoms with Crippen molar-refractivity contribution in [1.29, 1.82) is 0 Å². The van der Waals surface area contributed by atoms with E-state index in [1.807, 2.05) is 56.3 Å². The summed E-state index contributed by atoms with van der Waals surface area (Å²) in [6.07, 6.45) is -3.46. The Labute approximate surface area is 244 Å². The molecule has 2 nitrogen and oxygen atoms in total. The smallest absolute Gasteiger partial charge is 0.223 e. The summed E-state index contributed by atoms with van der Waals surface area (Å²) in [7, 11) is -3.95. The quantitative estimate of drug-likeness (QED) is 0.145. The SMILES string of the molecule is CC1(C)Cc2c(ccc3c2cc(-c2ccc(C(F)(F)F)cc2)c2ccccc23)C(S(=O)(=O)c2ccc(Br)c(F)c2)C1. The van der Waals surface area contributed by atoms with Crippen LogP contribution in [0, 0.1) is 11.2 Å². The third kappa shape index (κ3) is 4.85. The second-order valence-electron chi connectivity index (χ2n) is 11.4. The van der Waals surface area contributed by atoms with Crippen LogP contribution in [0.4, 0.5) is 17.6 Å². The van der Waals surface area contributed by atoms with Crippen LogP contribution >= 0.6 is 15.9 Å². The minimum Gasteiger partial charge on any atom is -0.223 e. The molecule has 210 valence electrons. The van der Waals surface area contributed by atoms with Crippen LogP contribution in [0.25, 0.3) is 32.7 Å². The molecule has 0 radical (unpaired) electrons. The van der Waals surface area contributed by atoms with Crippen LogP contribution in [0.3, 0.4) is 0 Å². The first-order valence-corrected chi connectivity index (χ1v) is 15.4. The van der Waals surface area contributed by atoms with E-state index in [4.69, 9.17) is 0 Å². The summed E-state index contributed by atoms with van der Waals surface area (Å²) in [5, 5.41) is 2.75. The van der Waals surface area contributed by atoms with Gasteiger partial charge in [-0.1, -0.05) is 62.4 Å². The van der Waals surface area contributed by atoms with Gasteiger partial charge in [-0.25, -0.2) is 12.8 Å². The highest BCUT2D eigenvalue weighted by Gasteiger charge is 2.41. The molecule has 0 amide bonds. The lowest BCUT2D eigenvalue weighted by molar-refractivity contribution is -0.137. The third-order valence-corrected chi connectivity index (χ3v) is 10.8. The molecular weight excluding hydrogens is 616 g/mol. The molecule has 0 saturated heterocycles. The van der Waals surface area contributed by atoms with E-state index in [2.05, 4.69) is 15.9 Å². The molecule has 1 atom stereocenters. The van der Waals surface area contributed by atoms with Crippen LogP contribution in [0.2, 0.25) is 0 Å². The Balaban J connectivity index is 1.60. The minimum absolute atomic E-state index is 0.0732. The van der Waals surface area contributed by atoms with Crippen molar-refractivity contribution in [1.82, 2.24) is 0 Å². The molecule has 1 unspecified atom stereocenters. The number of alkyl halides is 3. The molecule has 0 aliphatic heterocycles. The van der Waals surface area contributed by atoms with Crippen LogP contribution < -0.4 is 0 Å². The largest absolute Gasteiger partial charge is 0.416 e. The first-order chi connectivity index (χ1) is 19.3. The Kier molecular flexibility index (Phi) is 6.58. The fraction of sp³-hybridized carbons (Fsp3) is 0.212. The zero-order chi connectivity index (χ0) is 29.3. The maximum Gasteiger partial charge on any atom is 0.416 e. The third-order valence-electron chi connectivity index (χ3n) is 8.05. The molecule has 5 aromatic carbocycles. The normalized spacial score (nSPS) is 17.1. The molecule has 0 N–H and O–H groups in total. The van der Waals surface area contributed by atoms with Gasteiger partial charge in [0, 0.05) is 0 Å². The molecule has 1 aliphatic carbocycles. The number of fused-ring (bicyclic) bond motifs is 5. The first-order valence-electron chi connectivity index (χ1n) is 13.1. The number of halogens is 5. The molecule has 0 aromatic heterocycles. The molecule has 41 heavy (non-hydrogen) atoms. The highest BCUT2D eigenvalue weighted by atomic mass is 79.9. The first kappa shape index (κ1) is 27.9. The Bertz CT molecular complexity index is 1950. The van der Waals surface area contributed by atoms with E-state index in [0.717, 1.165) is 50.9 Å². The standard InChI is InChI=1S/C33H25BrF4O2S/c1-32(2)17-28-25(31(18-32)41(39,40)21-11-14-29(34)30(35)15-21)13-12-24-22-5-3-4-6-23(22)26(16-27(24)28)19-7-9-20(10-8-19)33(36,37)38/h3-16,31H,17-18H2,1-2H3. The predicted octanol–water partition coefficient (Wildman–Crippen LogP) is 10.1. The molecule has 8 heteroatoms. The second-order valence-corrected chi connectivity index (χ2v) is 14.4. The number of sulfone groups is 1. The van der Waals surface area contributed by atoms with Crippen molar-refractivity contribution < 1.29 is 26.0 Å². The summed E-state index contributed by atoms with van der Waals surface area (Å²) in [6.45, 7) is 4.05. The van der Waals surface area contributed by atoms with Crippen molar-refractivity contribution in [2.45, 2.75) is 43.0 Å². The lowest BCUT2D eigenvalue weighted by Gasteiger charge is -2.37. The molecule has 0 fully saturated rings. The van der Waals surface area contributed by atoms with Crippen LogP contribution in [0.5, 0.6) is 0 Å². The average Bonchev–Trinajstić information content (AvgIpc) is 2.92. The van der Waals surface area contributed by atoms with Gasteiger partial charge in [-0.15, -0.1) is 0 Å². The Morgan fingerprint density at radius 3 is 2.15 bits per heavy atom. The van der Waals surface area contributed by atoms with Crippen LogP contribution in [0.15, 0.2) is 94.3 Å². The second kappa shape index (κ2) is 9.66. The van der Waals surface area contributed by atoms with E-state index >= 15 is 0 Å². The van der Waals surface area contributed by atoms with Crippen molar-refractivity contribution in [2.24, 2.45) is 5.41 Å². The number of rotatable bonds is 3. The number of benzene rings is 5. The Morgan fingerprint density at radius 2 is 1.49 bits per heavy atom. The zero-order valence-electron chi connectivity index (χ0n) is 22.2. The monoisotopic (exact) mass is 640 g/mol. The van der Waals surface area contributed by atoms with Crippen molar-refractivity contribution >= 4 is 47.3 Å². The summed E-state index contributed by atoms with van der Waals surface area (Å²) in [6, 6.07) is 22.5. The molecule has 0 bridgehead atoms. The van der Waals surface area contributed by atoms with Gasteiger partial charge < -0.3 is 0 Å². The topological polar surface area (TPSA) is 34.1 Å². The van der Waals surface area contributed by atoms with Gasteiger partial charge in [-0.2, -0.15) is 13.2 Å². The molecule has 6 rings (SSSR count). The molecule has 0 saturated carbocycles. The summed E-state index contributed by atoms with van der Waals surface area (Å²) in [5.41, 5.74) is 1.87. The van der Waals surface area contributed by atoms with E-state index in [1.54, 1.807) is 0 Å². The van der Waals surface area contributed by atoms with E-state index in [-0.39, 0.29) is 14.8 Å². The molecule has 0 spiro atoms. The van der Waals surface area contributed by atoms with Gasteiger partial charge in [0.2, 0.25) is 0 Å². The van der Waals surface area contributed by atoms with Gasteiger partial charge in [-0.05, 0) is 114 Å². The number of hydrogen-bond donors (Lipinski definition) is 0. The lowest BCUT2D eigenvalue weighted by atomic mass is 9.72. The molecule has 0 heterocycles. The fourth-order valence-electron chi connectivity index (χ4n) is 6.09. The van der Waals surface area contributed by atoms with Gasteiger partial charge in [-0.3, -0.25) is 0 Å². The van der Waals surface area contributed by atoms with E-state index in [9.17, 15) is 26.0 Å². The summed E-state index contributed by atoms with van der Waals surface area (Å²) < 4.78 is 82.4. The van der Waals surface area contributed by atoms with Gasteiger partial charge in [0.1, 0.15) is 5.82 Å². The van der Waals surface area contributed by atoms with Gasteiger partial charge in [0.05, 0.1) is 20.2 Å². The summed E-state index contributed by atoms with van der Waals surface area (Å²) in [5.74, 6) is -0.646. The van der Waals surface area contributed by atoms with Crippen LogP contribution in [-0.2, 0) is 22.4 Å². The van der Waals surface area contributed by atoms with Crippen LogP contribution in [0.1, 0.15) is 42.2 Å². The maximum atomic E-state index is 14.4. The minimum atomic E-state index is -4.44. The van der Waals surface area contributed by atoms with E-state index in [0.29, 0.717) is 24.0 Å². The molecular formula is C33H25BrF4O2S. The van der Waals surface area contributed by atoms with Crippen LogP contribution in [-0.4, -0.2) is 8.42 Å². The van der Waals surface area contributed by atoms with Gasteiger partial charge >= 0.3 is 6.18 Å². The fourth-order valence-corrected chi connectivity index (χ4v) is 8.42. The summed E-state index contributed by atoms with van der Waals surface area (Å²) in [4.78, 5) is -0.0732. The van der Waals surface area contributed by atoms with Crippen molar-refractivity contribution in [3.8, 4) is 11.1 Å². The maximum absolute atomic E-state index is 14.4. The number of hydrogen-bond acceptors (Lipinski definition) is 2. The summed E-state index contributed by atoms with van der Waals surface area (Å²) >= 11 is 3.10. The highest BCUT2D eigenvalue weighted by Crippen LogP contribution is 2.50. The Morgan fingerprint density at radius 1 is 0.829 bits per heavy atom. The average molecular weight is 642 g/mol. The van der Waals surface area contributed by atoms with Gasteiger partial charge in [0.25, 0.3) is 0 Å². The van der Waals surface area contributed by atoms with Crippen molar-refractivity contribution in [2.75, 3.05) is 0 Å². The predicted molar refractivity (Wildman–Crippen MR) is 158 cm³/mol.